The Morgan fingerprint density at radius 3 is 2.61 bits per heavy atom. The van der Waals surface area contributed by atoms with E-state index in [-0.39, 0.29) is 30.5 Å². The number of nitrogens with two attached hydrogens (primary N) is 1. The summed E-state index contributed by atoms with van der Waals surface area (Å²) in [6.07, 6.45) is 1.82. The van der Waals surface area contributed by atoms with E-state index in [2.05, 4.69) is 5.32 Å². The zero-order valence-electron chi connectivity index (χ0n) is 15.8. The highest BCUT2D eigenvalue weighted by molar-refractivity contribution is 5.88. The number of nitrogens with zero attached hydrogens (tertiary/aromatic N) is 1. The van der Waals surface area contributed by atoms with Crippen LogP contribution in [0.4, 0.5) is 4.39 Å². The fourth-order valence-electron chi connectivity index (χ4n) is 3.60. The molecule has 0 radical (unpaired) electrons. The molecular formula is C22H26FN3O2. The Kier molecular flexibility index (Phi) is 6.76. The van der Waals surface area contributed by atoms with Gasteiger partial charge in [-0.15, -0.1) is 0 Å². The monoisotopic (exact) mass is 383 g/mol. The molecule has 0 bridgehead atoms. The van der Waals surface area contributed by atoms with Crippen LogP contribution in [0.15, 0.2) is 54.6 Å². The van der Waals surface area contributed by atoms with Crippen LogP contribution in [0.1, 0.15) is 30.4 Å². The van der Waals surface area contributed by atoms with Crippen molar-refractivity contribution in [3.63, 3.8) is 0 Å². The molecule has 1 aliphatic heterocycles. The molecule has 3 N–H and O–H groups in total. The first kappa shape index (κ1) is 20.0. The Labute approximate surface area is 164 Å². The number of nitrogens with one attached hydrogen (secondary N) is 1. The number of hydrogen-bond acceptors (Lipinski definition) is 3. The molecule has 2 aromatic carbocycles. The lowest BCUT2D eigenvalue weighted by molar-refractivity contribution is -0.138. The van der Waals surface area contributed by atoms with Crippen molar-refractivity contribution in [1.29, 1.82) is 0 Å². The Balaban J connectivity index is 1.53. The van der Waals surface area contributed by atoms with Gasteiger partial charge in [0.2, 0.25) is 11.8 Å². The van der Waals surface area contributed by atoms with Crippen LogP contribution in [-0.2, 0) is 22.6 Å². The molecular weight excluding hydrogens is 357 g/mol. The number of carbonyl (C=O) groups is 2. The maximum Gasteiger partial charge on any atom is 0.243 e. The van der Waals surface area contributed by atoms with Gasteiger partial charge in [-0.1, -0.05) is 48.5 Å². The van der Waals surface area contributed by atoms with Gasteiger partial charge in [0, 0.05) is 25.6 Å². The Morgan fingerprint density at radius 2 is 1.86 bits per heavy atom. The molecule has 3 rings (SSSR count). The SMILES string of the molecule is N[C@@H](CC(=O)N1CCC[C@H]1C(=O)NCc1ccccc1)Cc1ccccc1F. The summed E-state index contributed by atoms with van der Waals surface area (Å²) < 4.78 is 13.8. The van der Waals surface area contributed by atoms with Gasteiger partial charge in [-0.05, 0) is 36.5 Å². The lowest BCUT2D eigenvalue weighted by atomic mass is 10.0. The third-order valence-electron chi connectivity index (χ3n) is 5.06. The van der Waals surface area contributed by atoms with Crippen molar-refractivity contribution < 1.29 is 14.0 Å². The van der Waals surface area contributed by atoms with Crippen LogP contribution in [0, 0.1) is 5.82 Å². The molecule has 2 aromatic rings. The molecule has 0 aliphatic carbocycles. The van der Waals surface area contributed by atoms with E-state index in [4.69, 9.17) is 5.73 Å². The molecule has 1 heterocycles. The van der Waals surface area contributed by atoms with E-state index in [1.807, 2.05) is 30.3 Å². The van der Waals surface area contributed by atoms with Gasteiger partial charge < -0.3 is 16.0 Å². The van der Waals surface area contributed by atoms with Gasteiger partial charge in [-0.3, -0.25) is 9.59 Å². The fourth-order valence-corrected chi connectivity index (χ4v) is 3.60. The highest BCUT2D eigenvalue weighted by Crippen LogP contribution is 2.20. The van der Waals surface area contributed by atoms with E-state index in [9.17, 15) is 14.0 Å². The largest absolute Gasteiger partial charge is 0.350 e. The minimum atomic E-state index is -0.488. The summed E-state index contributed by atoms with van der Waals surface area (Å²) in [6, 6.07) is 15.1. The average Bonchev–Trinajstić information content (AvgIpc) is 3.19. The number of carbonyl (C=O) groups excluding carboxylic acids is 2. The first-order valence-corrected chi connectivity index (χ1v) is 9.64. The zero-order valence-corrected chi connectivity index (χ0v) is 15.8. The average molecular weight is 383 g/mol. The molecule has 2 atom stereocenters. The Hall–Kier alpha value is -2.73. The molecule has 28 heavy (non-hydrogen) atoms. The van der Waals surface area contributed by atoms with Crippen LogP contribution in [0.2, 0.25) is 0 Å². The lowest BCUT2D eigenvalue weighted by Crippen LogP contribution is -2.47. The highest BCUT2D eigenvalue weighted by Gasteiger charge is 2.34. The fraction of sp³-hybridized carbons (Fsp3) is 0.364. The molecule has 1 aliphatic rings. The number of rotatable bonds is 7. The maximum atomic E-state index is 13.8. The number of amides is 2. The number of benzene rings is 2. The van der Waals surface area contributed by atoms with Crippen LogP contribution in [0.5, 0.6) is 0 Å². The molecule has 1 fully saturated rings. The molecule has 6 heteroatoms. The number of likely N-dealkylation sites (tertiary alicyclic amines) is 1. The lowest BCUT2D eigenvalue weighted by Gasteiger charge is -2.25. The quantitative estimate of drug-likeness (QED) is 0.771. The Bertz CT molecular complexity index is 812. The van der Waals surface area contributed by atoms with Crippen LogP contribution in [-0.4, -0.2) is 35.3 Å². The maximum absolute atomic E-state index is 13.8. The Morgan fingerprint density at radius 1 is 1.14 bits per heavy atom. The van der Waals surface area contributed by atoms with E-state index in [1.54, 1.807) is 23.1 Å². The van der Waals surface area contributed by atoms with Crippen molar-refractivity contribution in [2.24, 2.45) is 5.73 Å². The third kappa shape index (κ3) is 5.16. The second kappa shape index (κ2) is 9.46. The molecule has 0 saturated carbocycles. The van der Waals surface area contributed by atoms with Crippen molar-refractivity contribution in [2.45, 2.75) is 44.3 Å². The van der Waals surface area contributed by atoms with E-state index in [1.165, 1.54) is 6.07 Å². The van der Waals surface area contributed by atoms with Crippen molar-refractivity contribution in [2.75, 3.05) is 6.54 Å². The summed E-state index contributed by atoms with van der Waals surface area (Å²) in [5, 5.41) is 2.91. The molecule has 5 nitrogen and oxygen atoms in total. The predicted molar refractivity (Wildman–Crippen MR) is 106 cm³/mol. The highest BCUT2D eigenvalue weighted by atomic mass is 19.1. The van der Waals surface area contributed by atoms with Crippen LogP contribution in [0.3, 0.4) is 0 Å². The van der Waals surface area contributed by atoms with E-state index >= 15 is 0 Å². The van der Waals surface area contributed by atoms with Crippen LogP contribution in [0.25, 0.3) is 0 Å². The molecule has 0 spiro atoms. The van der Waals surface area contributed by atoms with Gasteiger partial charge >= 0.3 is 0 Å². The number of hydrogen-bond donors (Lipinski definition) is 2. The summed E-state index contributed by atoms with van der Waals surface area (Å²) >= 11 is 0. The standard InChI is InChI=1S/C22H26FN3O2/c23-19-10-5-4-9-17(19)13-18(24)14-21(27)26-12-6-11-20(26)22(28)25-15-16-7-2-1-3-8-16/h1-5,7-10,18,20H,6,11-15,24H2,(H,25,28)/t18-,20+/m1/s1. The van der Waals surface area contributed by atoms with Crippen LogP contribution < -0.4 is 11.1 Å². The molecule has 0 aromatic heterocycles. The zero-order chi connectivity index (χ0) is 19.9. The van der Waals surface area contributed by atoms with Gasteiger partial charge in [-0.2, -0.15) is 0 Å². The summed E-state index contributed by atoms with van der Waals surface area (Å²) in [4.78, 5) is 26.9. The van der Waals surface area contributed by atoms with Crippen molar-refractivity contribution in [3.8, 4) is 0 Å². The normalized spacial score (nSPS) is 17.4. The van der Waals surface area contributed by atoms with E-state index in [0.717, 1.165) is 12.0 Å². The van der Waals surface area contributed by atoms with Crippen molar-refractivity contribution >= 4 is 11.8 Å². The van der Waals surface area contributed by atoms with Gasteiger partial charge in [0.1, 0.15) is 11.9 Å². The third-order valence-corrected chi connectivity index (χ3v) is 5.06. The summed E-state index contributed by atoms with van der Waals surface area (Å²) in [6.45, 7) is 0.986. The predicted octanol–water partition coefficient (Wildman–Crippen LogP) is 2.39. The second-order valence-corrected chi connectivity index (χ2v) is 7.21. The second-order valence-electron chi connectivity index (χ2n) is 7.21. The summed E-state index contributed by atoms with van der Waals surface area (Å²) in [7, 11) is 0. The molecule has 148 valence electrons. The van der Waals surface area contributed by atoms with Crippen molar-refractivity contribution in [1.82, 2.24) is 10.2 Å². The first-order chi connectivity index (χ1) is 13.5. The van der Waals surface area contributed by atoms with Crippen molar-refractivity contribution in [3.05, 3.63) is 71.5 Å². The minimum Gasteiger partial charge on any atom is -0.350 e. The van der Waals surface area contributed by atoms with Gasteiger partial charge in [0.15, 0.2) is 0 Å². The van der Waals surface area contributed by atoms with E-state index < -0.39 is 12.1 Å². The minimum absolute atomic E-state index is 0.0940. The molecule has 2 amide bonds. The first-order valence-electron chi connectivity index (χ1n) is 9.64. The van der Waals surface area contributed by atoms with Gasteiger partial charge in [0.25, 0.3) is 0 Å². The summed E-state index contributed by atoms with van der Waals surface area (Å²) in [5.41, 5.74) is 7.60. The topological polar surface area (TPSA) is 75.4 Å². The van der Waals surface area contributed by atoms with Crippen LogP contribution >= 0.6 is 0 Å². The molecule has 1 saturated heterocycles. The smallest absolute Gasteiger partial charge is 0.243 e. The summed E-state index contributed by atoms with van der Waals surface area (Å²) in [5.74, 6) is -0.608. The number of halogens is 1. The van der Waals surface area contributed by atoms with Gasteiger partial charge in [0.05, 0.1) is 0 Å². The van der Waals surface area contributed by atoms with Gasteiger partial charge in [-0.25, -0.2) is 4.39 Å². The van der Waals surface area contributed by atoms with E-state index in [0.29, 0.717) is 25.1 Å². The molecule has 0 unspecified atom stereocenters.